The van der Waals surface area contributed by atoms with Crippen LogP contribution in [-0.4, -0.2) is 11.9 Å². The monoisotopic (exact) mass is 233 g/mol. The molecule has 2 rings (SSSR count). The molecule has 0 amide bonds. The number of fused-ring (bicyclic) bond motifs is 1. The quantitative estimate of drug-likeness (QED) is 0.867. The normalized spacial score (nSPS) is 16.3. The smallest absolute Gasteiger partial charge is 0.231 e. The zero-order valence-electron chi connectivity index (χ0n) is 9.72. The number of ether oxygens (including phenoxy) is 2. The molecule has 90 valence electrons. The van der Waals surface area contributed by atoms with E-state index in [1.54, 1.807) is 18.2 Å². The molecule has 0 bridgehead atoms. The molecule has 0 aromatic heterocycles. The van der Waals surface area contributed by atoms with Crippen molar-refractivity contribution in [2.24, 2.45) is 5.92 Å². The lowest BCUT2D eigenvalue weighted by Gasteiger charge is -2.16. The fourth-order valence-corrected chi connectivity index (χ4v) is 1.93. The van der Waals surface area contributed by atoms with Crippen molar-refractivity contribution in [3.05, 3.63) is 23.8 Å². The van der Waals surface area contributed by atoms with Crippen molar-refractivity contribution in [3.63, 3.8) is 0 Å². The summed E-state index contributed by atoms with van der Waals surface area (Å²) in [6.07, 6.45) is 0.792. The van der Waals surface area contributed by atoms with Crippen molar-refractivity contribution in [1.29, 1.82) is 5.26 Å². The maximum Gasteiger partial charge on any atom is 0.231 e. The van der Waals surface area contributed by atoms with Crippen molar-refractivity contribution in [2.45, 2.75) is 25.9 Å². The van der Waals surface area contributed by atoms with E-state index in [9.17, 15) is 5.11 Å². The Kier molecular flexibility index (Phi) is 3.50. The highest BCUT2D eigenvalue weighted by Gasteiger charge is 2.22. The number of nitrogens with zero attached hydrogens (tertiary/aromatic N) is 1. The fraction of sp³-hybridized carbons (Fsp3) is 0.462. The van der Waals surface area contributed by atoms with Crippen LogP contribution in [0.25, 0.3) is 0 Å². The molecule has 2 unspecified atom stereocenters. The Morgan fingerprint density at radius 3 is 2.88 bits per heavy atom. The third-order valence-corrected chi connectivity index (χ3v) is 2.88. The average molecular weight is 233 g/mol. The fourth-order valence-electron chi connectivity index (χ4n) is 1.93. The number of aliphatic hydroxyl groups excluding tert-OH is 1. The molecule has 0 saturated heterocycles. The molecular weight excluding hydrogens is 218 g/mol. The zero-order chi connectivity index (χ0) is 12.3. The van der Waals surface area contributed by atoms with Gasteiger partial charge in [-0.1, -0.05) is 19.4 Å². The predicted octanol–water partition coefficient (Wildman–Crippen LogP) is 2.39. The largest absolute Gasteiger partial charge is 0.454 e. The highest BCUT2D eigenvalue weighted by Crippen LogP contribution is 2.36. The van der Waals surface area contributed by atoms with E-state index in [0.29, 0.717) is 23.5 Å². The standard InChI is InChI=1S/C13H15NO3/c1-2-3-10(7-14)13(15)9-4-5-11-12(6-9)17-8-16-11/h4-6,10,13,15H,2-3,8H2,1H3. The van der Waals surface area contributed by atoms with Gasteiger partial charge in [-0.05, 0) is 24.1 Å². The molecule has 4 heteroatoms. The first-order chi connectivity index (χ1) is 8.26. The highest BCUT2D eigenvalue weighted by molar-refractivity contribution is 5.45. The van der Waals surface area contributed by atoms with Gasteiger partial charge in [0.1, 0.15) is 0 Å². The molecule has 1 aliphatic rings. The second-order valence-corrected chi connectivity index (χ2v) is 4.08. The van der Waals surface area contributed by atoms with E-state index in [0.717, 1.165) is 6.42 Å². The van der Waals surface area contributed by atoms with Crippen LogP contribution < -0.4 is 9.47 Å². The van der Waals surface area contributed by atoms with Crippen molar-refractivity contribution < 1.29 is 14.6 Å². The lowest BCUT2D eigenvalue weighted by Crippen LogP contribution is -2.10. The van der Waals surface area contributed by atoms with Gasteiger partial charge in [-0.25, -0.2) is 0 Å². The van der Waals surface area contributed by atoms with Gasteiger partial charge in [-0.3, -0.25) is 0 Å². The van der Waals surface area contributed by atoms with Gasteiger partial charge < -0.3 is 14.6 Å². The summed E-state index contributed by atoms with van der Waals surface area (Å²) in [6, 6.07) is 7.43. The molecule has 1 N–H and O–H groups in total. The minimum atomic E-state index is -0.769. The van der Waals surface area contributed by atoms with Crippen LogP contribution in [0.5, 0.6) is 11.5 Å². The molecule has 0 saturated carbocycles. The van der Waals surface area contributed by atoms with E-state index in [1.807, 2.05) is 6.92 Å². The molecule has 1 aromatic carbocycles. The van der Waals surface area contributed by atoms with Gasteiger partial charge in [0.2, 0.25) is 6.79 Å². The van der Waals surface area contributed by atoms with Gasteiger partial charge in [0.15, 0.2) is 11.5 Å². The van der Waals surface area contributed by atoms with Crippen molar-refractivity contribution in [3.8, 4) is 17.6 Å². The second-order valence-electron chi connectivity index (χ2n) is 4.08. The summed E-state index contributed by atoms with van der Waals surface area (Å²) in [5.74, 6) is 0.944. The van der Waals surface area contributed by atoms with E-state index in [-0.39, 0.29) is 12.7 Å². The number of aliphatic hydroxyl groups is 1. The number of nitriles is 1. The summed E-state index contributed by atoms with van der Waals surface area (Å²) in [7, 11) is 0. The summed E-state index contributed by atoms with van der Waals surface area (Å²) in [5, 5.41) is 19.1. The second kappa shape index (κ2) is 5.07. The van der Waals surface area contributed by atoms with Crippen LogP contribution in [-0.2, 0) is 0 Å². The predicted molar refractivity (Wildman–Crippen MR) is 61.5 cm³/mol. The van der Waals surface area contributed by atoms with Gasteiger partial charge in [-0.15, -0.1) is 0 Å². The molecule has 0 fully saturated rings. The van der Waals surface area contributed by atoms with Crippen LogP contribution in [0.4, 0.5) is 0 Å². The summed E-state index contributed by atoms with van der Waals surface area (Å²) in [5.41, 5.74) is 0.703. The maximum absolute atomic E-state index is 10.1. The van der Waals surface area contributed by atoms with Crippen LogP contribution in [0.15, 0.2) is 18.2 Å². The Morgan fingerprint density at radius 1 is 1.41 bits per heavy atom. The third-order valence-electron chi connectivity index (χ3n) is 2.88. The lowest BCUT2D eigenvalue weighted by molar-refractivity contribution is 0.129. The van der Waals surface area contributed by atoms with E-state index in [4.69, 9.17) is 14.7 Å². The number of hydrogen-bond donors (Lipinski definition) is 1. The van der Waals surface area contributed by atoms with Crippen molar-refractivity contribution in [1.82, 2.24) is 0 Å². The van der Waals surface area contributed by atoms with E-state index >= 15 is 0 Å². The molecule has 1 heterocycles. The molecule has 4 nitrogen and oxygen atoms in total. The Labute approximate surface area is 100 Å². The van der Waals surface area contributed by atoms with E-state index in [1.165, 1.54) is 0 Å². The van der Waals surface area contributed by atoms with Crippen LogP contribution in [0.2, 0.25) is 0 Å². The van der Waals surface area contributed by atoms with Crippen LogP contribution in [0.3, 0.4) is 0 Å². The Bertz CT molecular complexity index is 439. The summed E-state index contributed by atoms with van der Waals surface area (Å²) < 4.78 is 10.4. The zero-order valence-corrected chi connectivity index (χ0v) is 9.72. The Morgan fingerprint density at radius 2 is 2.18 bits per heavy atom. The number of benzene rings is 1. The first-order valence-corrected chi connectivity index (χ1v) is 5.73. The van der Waals surface area contributed by atoms with Gasteiger partial charge in [-0.2, -0.15) is 5.26 Å². The van der Waals surface area contributed by atoms with Crippen LogP contribution in [0.1, 0.15) is 31.4 Å². The van der Waals surface area contributed by atoms with Crippen molar-refractivity contribution >= 4 is 0 Å². The number of rotatable bonds is 4. The highest BCUT2D eigenvalue weighted by atomic mass is 16.7. The summed E-state index contributed by atoms with van der Waals surface area (Å²) >= 11 is 0. The van der Waals surface area contributed by atoms with E-state index in [2.05, 4.69) is 6.07 Å². The minimum Gasteiger partial charge on any atom is -0.454 e. The molecule has 0 spiro atoms. The Hall–Kier alpha value is -1.73. The molecule has 1 aromatic rings. The molecule has 1 aliphatic heterocycles. The van der Waals surface area contributed by atoms with Gasteiger partial charge >= 0.3 is 0 Å². The number of hydrogen-bond acceptors (Lipinski definition) is 4. The summed E-state index contributed by atoms with van der Waals surface area (Å²) in [4.78, 5) is 0. The van der Waals surface area contributed by atoms with Crippen molar-refractivity contribution in [2.75, 3.05) is 6.79 Å². The molecule has 17 heavy (non-hydrogen) atoms. The molecule has 0 aliphatic carbocycles. The molecular formula is C13H15NO3. The first-order valence-electron chi connectivity index (χ1n) is 5.73. The molecule has 0 radical (unpaired) electrons. The first kappa shape index (κ1) is 11.7. The van der Waals surface area contributed by atoms with Gasteiger partial charge in [0.25, 0.3) is 0 Å². The van der Waals surface area contributed by atoms with E-state index < -0.39 is 6.10 Å². The SMILES string of the molecule is CCCC(C#N)C(O)c1ccc2c(c1)OCO2. The Balaban J connectivity index is 2.19. The minimum absolute atomic E-state index is 0.214. The third kappa shape index (κ3) is 2.34. The van der Waals surface area contributed by atoms with Crippen LogP contribution >= 0.6 is 0 Å². The lowest BCUT2D eigenvalue weighted by atomic mass is 9.93. The topological polar surface area (TPSA) is 62.5 Å². The van der Waals surface area contributed by atoms with Gasteiger partial charge in [0.05, 0.1) is 18.1 Å². The van der Waals surface area contributed by atoms with Crippen LogP contribution in [0, 0.1) is 17.2 Å². The molecule has 2 atom stereocenters. The van der Waals surface area contributed by atoms with Gasteiger partial charge in [0, 0.05) is 0 Å². The maximum atomic E-state index is 10.1. The average Bonchev–Trinajstić information content (AvgIpc) is 2.82. The summed E-state index contributed by atoms with van der Waals surface area (Å²) in [6.45, 7) is 2.21.